The molecule has 2 aromatic heterocycles. The van der Waals surface area contributed by atoms with E-state index in [9.17, 15) is 10.1 Å². The topological polar surface area (TPSA) is 86.7 Å². The molecule has 124 valence electrons. The first-order chi connectivity index (χ1) is 12.1. The lowest BCUT2D eigenvalue weighted by Crippen LogP contribution is -2.00. The van der Waals surface area contributed by atoms with Crippen LogP contribution in [0.4, 0.5) is 5.69 Å². The molecule has 25 heavy (non-hydrogen) atoms. The van der Waals surface area contributed by atoms with Crippen molar-refractivity contribution in [2.45, 2.75) is 19.9 Å². The Labute approximate surface area is 143 Å². The summed E-state index contributed by atoms with van der Waals surface area (Å²) < 4.78 is 1.95. The third-order valence-electron chi connectivity index (χ3n) is 4.23. The lowest BCUT2D eigenvalue weighted by atomic mass is 10.0. The summed E-state index contributed by atoms with van der Waals surface area (Å²) in [5.41, 5.74) is 2.67. The predicted octanol–water partition coefficient (Wildman–Crippen LogP) is 4.14. The molecule has 0 atom stereocenters. The van der Waals surface area contributed by atoms with Gasteiger partial charge < -0.3 is 4.57 Å². The summed E-state index contributed by atoms with van der Waals surface area (Å²) in [4.78, 5) is 24.3. The number of fused-ring (bicyclic) bond motifs is 2. The molecule has 0 aliphatic rings. The second-order valence-electron chi connectivity index (χ2n) is 6.11. The monoisotopic (exact) mass is 333 g/mol. The normalized spacial score (nSPS) is 11.5. The lowest BCUT2D eigenvalue weighted by molar-refractivity contribution is -0.383. The van der Waals surface area contributed by atoms with Gasteiger partial charge in [-0.05, 0) is 31.4 Å². The Morgan fingerprint density at radius 3 is 2.68 bits per heavy atom. The van der Waals surface area contributed by atoms with E-state index in [1.54, 1.807) is 24.5 Å². The molecule has 2 aromatic carbocycles. The number of hydrogen-bond donors (Lipinski definition) is 0. The fourth-order valence-electron chi connectivity index (χ4n) is 3.02. The van der Waals surface area contributed by atoms with E-state index in [1.807, 2.05) is 36.6 Å². The minimum Gasteiger partial charge on any atom is -0.313 e. The van der Waals surface area contributed by atoms with Crippen LogP contribution in [0.15, 0.2) is 49.1 Å². The number of non-ortho nitro benzene ring substituents is 1. The Morgan fingerprint density at radius 2 is 1.92 bits per heavy atom. The fourth-order valence-corrected chi connectivity index (χ4v) is 3.02. The van der Waals surface area contributed by atoms with Crippen molar-refractivity contribution < 1.29 is 4.92 Å². The van der Waals surface area contributed by atoms with Crippen molar-refractivity contribution in [2.24, 2.45) is 0 Å². The van der Waals surface area contributed by atoms with E-state index in [1.165, 1.54) is 6.33 Å². The molecule has 0 aliphatic heterocycles. The quantitative estimate of drug-likeness (QED) is 0.415. The van der Waals surface area contributed by atoms with Crippen LogP contribution in [0.5, 0.6) is 0 Å². The zero-order valence-electron chi connectivity index (χ0n) is 13.7. The number of hydrogen-bond acceptors (Lipinski definition) is 5. The highest BCUT2D eigenvalue weighted by Gasteiger charge is 2.18. The summed E-state index contributed by atoms with van der Waals surface area (Å²) in [5, 5.41) is 12.9. The van der Waals surface area contributed by atoms with Crippen LogP contribution in [0, 0.1) is 10.1 Å². The second-order valence-corrected chi connectivity index (χ2v) is 6.11. The molecule has 0 aliphatic carbocycles. The van der Waals surface area contributed by atoms with E-state index in [0.717, 1.165) is 11.0 Å². The summed E-state index contributed by atoms with van der Waals surface area (Å²) in [7, 11) is 0. The van der Waals surface area contributed by atoms with Gasteiger partial charge in [-0.3, -0.25) is 10.1 Å². The van der Waals surface area contributed by atoms with E-state index in [-0.39, 0.29) is 16.7 Å². The molecule has 7 nitrogen and oxygen atoms in total. The molecule has 0 radical (unpaired) electrons. The molecule has 0 N–H and O–H groups in total. The largest absolute Gasteiger partial charge is 0.313 e. The van der Waals surface area contributed by atoms with Gasteiger partial charge in [0.25, 0.3) is 5.69 Å². The van der Waals surface area contributed by atoms with E-state index in [2.05, 4.69) is 15.0 Å². The molecule has 7 heteroatoms. The molecule has 0 bridgehead atoms. The molecule has 0 unspecified atom stereocenters. The number of nitro benzene ring substituents is 1. The van der Waals surface area contributed by atoms with Gasteiger partial charge >= 0.3 is 0 Å². The highest BCUT2D eigenvalue weighted by Crippen LogP contribution is 2.33. The maximum absolute atomic E-state index is 11.5. The minimum absolute atomic E-state index is 0.0585. The number of nitro groups is 1. The molecular formula is C18H15N5O2. The zero-order valence-corrected chi connectivity index (χ0v) is 13.7. The van der Waals surface area contributed by atoms with Crippen molar-refractivity contribution in [2.75, 3.05) is 0 Å². The summed E-state index contributed by atoms with van der Waals surface area (Å²) in [6.07, 6.45) is 3.20. The highest BCUT2D eigenvalue weighted by molar-refractivity contribution is 5.97. The van der Waals surface area contributed by atoms with Crippen LogP contribution in [0.1, 0.15) is 19.9 Å². The third kappa shape index (κ3) is 2.40. The Kier molecular flexibility index (Phi) is 3.42. The van der Waals surface area contributed by atoms with Gasteiger partial charge in [-0.25, -0.2) is 15.0 Å². The van der Waals surface area contributed by atoms with Crippen LogP contribution in [0.2, 0.25) is 0 Å². The average molecular weight is 333 g/mol. The van der Waals surface area contributed by atoms with Gasteiger partial charge in [0, 0.05) is 17.7 Å². The average Bonchev–Trinajstić information content (AvgIpc) is 3.05. The highest BCUT2D eigenvalue weighted by atomic mass is 16.6. The molecule has 0 spiro atoms. The molecule has 4 rings (SSSR count). The maximum atomic E-state index is 11.5. The van der Waals surface area contributed by atoms with Gasteiger partial charge in [-0.2, -0.15) is 0 Å². The standard InChI is InChI=1S/C18H15N5O2/c1-11(2)22-10-21-17-16(19-9-20-18(17)22)13-7-12-5-3-4-6-14(12)15(8-13)23(24)25/h3-11H,1-2H3. The van der Waals surface area contributed by atoms with Gasteiger partial charge in [0.1, 0.15) is 17.5 Å². The number of benzene rings is 2. The second kappa shape index (κ2) is 5.62. The van der Waals surface area contributed by atoms with Crippen LogP contribution in [0.3, 0.4) is 0 Å². The van der Waals surface area contributed by atoms with E-state index in [4.69, 9.17) is 0 Å². The summed E-state index contributed by atoms with van der Waals surface area (Å²) in [6.45, 7) is 4.09. The predicted molar refractivity (Wildman–Crippen MR) is 95.3 cm³/mol. The van der Waals surface area contributed by atoms with E-state index >= 15 is 0 Å². The van der Waals surface area contributed by atoms with Crippen molar-refractivity contribution in [3.63, 3.8) is 0 Å². The molecule has 0 saturated heterocycles. The third-order valence-corrected chi connectivity index (χ3v) is 4.23. The number of aromatic nitrogens is 4. The van der Waals surface area contributed by atoms with Crippen molar-refractivity contribution in [3.05, 3.63) is 59.2 Å². The van der Waals surface area contributed by atoms with Gasteiger partial charge in [0.2, 0.25) is 0 Å². The van der Waals surface area contributed by atoms with E-state index < -0.39 is 0 Å². The van der Waals surface area contributed by atoms with Crippen molar-refractivity contribution in [3.8, 4) is 11.3 Å². The van der Waals surface area contributed by atoms with Gasteiger partial charge in [-0.1, -0.05) is 18.2 Å². The molecule has 0 amide bonds. The van der Waals surface area contributed by atoms with Gasteiger partial charge in [0.15, 0.2) is 5.65 Å². The molecule has 4 aromatic rings. The minimum atomic E-state index is -0.364. The number of rotatable bonds is 3. The van der Waals surface area contributed by atoms with Crippen LogP contribution >= 0.6 is 0 Å². The van der Waals surface area contributed by atoms with Crippen molar-refractivity contribution >= 4 is 27.6 Å². The smallest absolute Gasteiger partial charge is 0.277 e. The van der Waals surface area contributed by atoms with Crippen LogP contribution in [-0.4, -0.2) is 24.4 Å². The van der Waals surface area contributed by atoms with Crippen molar-refractivity contribution in [1.82, 2.24) is 19.5 Å². The fraction of sp³-hybridized carbons (Fsp3) is 0.167. The summed E-state index contributed by atoms with van der Waals surface area (Å²) in [6, 6.07) is 10.9. The summed E-state index contributed by atoms with van der Waals surface area (Å²) in [5.74, 6) is 0. The summed E-state index contributed by atoms with van der Waals surface area (Å²) >= 11 is 0. The SMILES string of the molecule is CC(C)n1cnc2c(-c3cc([N+](=O)[O-])c4ccccc4c3)ncnc21. The lowest BCUT2D eigenvalue weighted by Gasteiger charge is -2.08. The zero-order chi connectivity index (χ0) is 17.6. The molecular weight excluding hydrogens is 318 g/mol. The van der Waals surface area contributed by atoms with Crippen molar-refractivity contribution in [1.29, 1.82) is 0 Å². The number of imidazole rings is 1. The Bertz CT molecular complexity index is 1120. The number of nitrogens with zero attached hydrogens (tertiary/aromatic N) is 5. The maximum Gasteiger partial charge on any atom is 0.277 e. The van der Waals surface area contributed by atoms with Gasteiger partial charge in [0.05, 0.1) is 16.6 Å². The Balaban J connectivity index is 2.02. The first-order valence-electron chi connectivity index (χ1n) is 7.91. The first-order valence-corrected chi connectivity index (χ1v) is 7.91. The van der Waals surface area contributed by atoms with E-state index in [0.29, 0.717) is 22.2 Å². The molecule has 0 saturated carbocycles. The van der Waals surface area contributed by atoms with Crippen LogP contribution < -0.4 is 0 Å². The molecule has 2 heterocycles. The first kappa shape index (κ1) is 15.2. The van der Waals surface area contributed by atoms with Crippen LogP contribution in [0.25, 0.3) is 33.2 Å². The molecule has 0 fully saturated rings. The van der Waals surface area contributed by atoms with Gasteiger partial charge in [-0.15, -0.1) is 0 Å². The van der Waals surface area contributed by atoms with Crippen LogP contribution in [-0.2, 0) is 0 Å². The Hall–Kier alpha value is -3.35. The Morgan fingerprint density at radius 1 is 1.12 bits per heavy atom.